The maximum atomic E-state index is 13.1. The minimum absolute atomic E-state index is 0.194. The number of benzene rings is 1. The van der Waals surface area contributed by atoms with Gasteiger partial charge in [-0.2, -0.15) is 14.6 Å². The molecule has 2 amide bonds. The van der Waals surface area contributed by atoms with Gasteiger partial charge in [0.1, 0.15) is 22.7 Å². The number of fused-ring (bicyclic) bond motifs is 1. The number of ether oxygens (including phenoxy) is 2. The number of aromatic nitrogens is 2. The topological polar surface area (TPSA) is 98.3 Å². The van der Waals surface area contributed by atoms with Crippen molar-refractivity contribution in [3.05, 3.63) is 39.7 Å². The van der Waals surface area contributed by atoms with E-state index in [1.165, 1.54) is 4.52 Å². The van der Waals surface area contributed by atoms with Crippen LogP contribution in [0, 0.1) is 13.8 Å². The molecular formula is C23H28Cl2N4O5. The molecule has 0 spiro atoms. The van der Waals surface area contributed by atoms with Crippen molar-refractivity contribution in [1.29, 1.82) is 0 Å². The van der Waals surface area contributed by atoms with Crippen molar-refractivity contribution in [2.45, 2.75) is 66.6 Å². The van der Waals surface area contributed by atoms with E-state index in [1.54, 1.807) is 73.6 Å². The third kappa shape index (κ3) is 5.59. The van der Waals surface area contributed by atoms with Gasteiger partial charge in [-0.15, -0.1) is 0 Å². The summed E-state index contributed by atoms with van der Waals surface area (Å²) in [6.07, 6.45) is -1.68. The normalized spacial score (nSPS) is 12.1. The summed E-state index contributed by atoms with van der Waals surface area (Å²) in [5, 5.41) is 6.38. The third-order valence-corrected chi connectivity index (χ3v) is 4.92. The first-order valence-corrected chi connectivity index (χ1v) is 11.3. The average Bonchev–Trinajstić information content (AvgIpc) is 3.10. The van der Waals surface area contributed by atoms with Crippen molar-refractivity contribution in [1.82, 2.24) is 15.0 Å². The van der Waals surface area contributed by atoms with Crippen LogP contribution in [0.4, 0.5) is 15.3 Å². The Morgan fingerprint density at radius 3 is 2.24 bits per heavy atom. The standard InChI is InChI=1S/C23H28Cl2N4O5/c1-12-17(29(21(31)34-23(6,7)8)27-20(30)33-22(3,4)5)19-28(26-12)18(13(2)32-19)15-10-9-14(24)11-16(15)25/h9-11H,1-8H3,(H,27,30). The van der Waals surface area contributed by atoms with Gasteiger partial charge in [-0.05, 0) is 73.6 Å². The summed E-state index contributed by atoms with van der Waals surface area (Å²) in [6, 6.07) is 5.07. The third-order valence-electron chi connectivity index (χ3n) is 4.37. The molecule has 0 aliphatic rings. The lowest BCUT2D eigenvalue weighted by atomic mass is 10.1. The van der Waals surface area contributed by atoms with Gasteiger partial charge in [0.25, 0.3) is 0 Å². The molecule has 0 atom stereocenters. The zero-order valence-corrected chi connectivity index (χ0v) is 21.9. The monoisotopic (exact) mass is 510 g/mol. The van der Waals surface area contributed by atoms with Gasteiger partial charge >= 0.3 is 12.2 Å². The van der Waals surface area contributed by atoms with Crippen molar-refractivity contribution >= 4 is 46.8 Å². The van der Waals surface area contributed by atoms with E-state index in [4.69, 9.17) is 37.1 Å². The molecule has 1 aromatic carbocycles. The highest BCUT2D eigenvalue weighted by molar-refractivity contribution is 6.36. The molecule has 34 heavy (non-hydrogen) atoms. The van der Waals surface area contributed by atoms with Crippen molar-refractivity contribution in [2.75, 3.05) is 5.01 Å². The van der Waals surface area contributed by atoms with Crippen LogP contribution in [0.2, 0.25) is 10.0 Å². The predicted octanol–water partition coefficient (Wildman–Crippen LogP) is 6.70. The Kier molecular flexibility index (Phi) is 6.83. The summed E-state index contributed by atoms with van der Waals surface area (Å²) in [7, 11) is 0. The molecule has 2 heterocycles. The lowest BCUT2D eigenvalue weighted by Crippen LogP contribution is -2.50. The molecule has 3 aromatic rings. The number of aryl methyl sites for hydroxylation is 2. The van der Waals surface area contributed by atoms with Gasteiger partial charge in [0.15, 0.2) is 5.69 Å². The van der Waals surface area contributed by atoms with Crippen LogP contribution in [-0.4, -0.2) is 33.0 Å². The first kappa shape index (κ1) is 25.7. The fraction of sp³-hybridized carbons (Fsp3) is 0.435. The Labute approximate surface area is 207 Å². The summed E-state index contributed by atoms with van der Waals surface area (Å²) >= 11 is 12.5. The van der Waals surface area contributed by atoms with Gasteiger partial charge < -0.3 is 13.9 Å². The molecule has 0 saturated carbocycles. The molecule has 0 aliphatic heterocycles. The van der Waals surface area contributed by atoms with Crippen molar-refractivity contribution in [3.8, 4) is 11.3 Å². The molecule has 3 rings (SSSR count). The lowest BCUT2D eigenvalue weighted by molar-refractivity contribution is 0.0425. The number of nitrogens with one attached hydrogen (secondary N) is 1. The van der Waals surface area contributed by atoms with E-state index in [1.807, 2.05) is 0 Å². The summed E-state index contributed by atoms with van der Waals surface area (Å²) < 4.78 is 18.4. The van der Waals surface area contributed by atoms with Crippen LogP contribution >= 0.6 is 23.2 Å². The summed E-state index contributed by atoms with van der Waals surface area (Å²) in [5.41, 5.74) is 2.86. The Morgan fingerprint density at radius 1 is 1.06 bits per heavy atom. The highest BCUT2D eigenvalue weighted by atomic mass is 35.5. The maximum Gasteiger partial charge on any atom is 0.434 e. The van der Waals surface area contributed by atoms with Crippen LogP contribution in [0.25, 0.3) is 17.0 Å². The first-order chi connectivity index (χ1) is 15.6. The molecule has 0 bridgehead atoms. The second kappa shape index (κ2) is 9.03. The van der Waals surface area contributed by atoms with E-state index in [9.17, 15) is 9.59 Å². The minimum Gasteiger partial charge on any atom is -0.443 e. The van der Waals surface area contributed by atoms with Gasteiger partial charge in [-0.1, -0.05) is 23.2 Å². The van der Waals surface area contributed by atoms with Crippen LogP contribution < -0.4 is 10.4 Å². The number of hydrazine groups is 1. The smallest absolute Gasteiger partial charge is 0.434 e. The fourth-order valence-corrected chi connectivity index (χ4v) is 3.72. The second-order valence-corrected chi connectivity index (χ2v) is 10.6. The van der Waals surface area contributed by atoms with Crippen LogP contribution in [-0.2, 0) is 9.47 Å². The Bertz CT molecular complexity index is 1250. The van der Waals surface area contributed by atoms with Gasteiger partial charge in [0, 0.05) is 10.6 Å². The molecule has 2 aromatic heterocycles. The number of nitrogens with zero attached hydrogens (tertiary/aromatic N) is 3. The number of hydrogen-bond acceptors (Lipinski definition) is 6. The number of halogens is 2. The molecule has 0 saturated heterocycles. The van der Waals surface area contributed by atoms with E-state index in [0.717, 1.165) is 5.01 Å². The predicted molar refractivity (Wildman–Crippen MR) is 130 cm³/mol. The van der Waals surface area contributed by atoms with Crippen molar-refractivity contribution < 1.29 is 23.5 Å². The second-order valence-electron chi connectivity index (χ2n) is 9.71. The number of rotatable bonds is 2. The van der Waals surface area contributed by atoms with Gasteiger partial charge in [-0.25, -0.2) is 15.0 Å². The molecule has 0 fully saturated rings. The first-order valence-electron chi connectivity index (χ1n) is 10.5. The number of hydrogen-bond donors (Lipinski definition) is 1. The maximum absolute atomic E-state index is 13.1. The lowest BCUT2D eigenvalue weighted by Gasteiger charge is -2.28. The Hall–Kier alpha value is -2.91. The van der Waals surface area contributed by atoms with Crippen LogP contribution in [0.3, 0.4) is 0 Å². The van der Waals surface area contributed by atoms with Crippen LogP contribution in [0.1, 0.15) is 53.0 Å². The molecule has 11 heteroatoms. The van der Waals surface area contributed by atoms with Crippen LogP contribution in [0.5, 0.6) is 0 Å². The van der Waals surface area contributed by atoms with Crippen molar-refractivity contribution in [2.24, 2.45) is 0 Å². The Balaban J connectivity index is 2.15. The molecular weight excluding hydrogens is 483 g/mol. The number of anilines is 1. The van der Waals surface area contributed by atoms with E-state index in [0.29, 0.717) is 32.8 Å². The summed E-state index contributed by atoms with van der Waals surface area (Å²) in [6.45, 7) is 13.7. The highest BCUT2D eigenvalue weighted by Crippen LogP contribution is 2.38. The zero-order chi connectivity index (χ0) is 25.6. The molecule has 1 N–H and O–H groups in total. The number of oxazole rings is 1. The van der Waals surface area contributed by atoms with E-state index in [-0.39, 0.29) is 11.4 Å². The Morgan fingerprint density at radius 2 is 1.68 bits per heavy atom. The van der Waals surface area contributed by atoms with Gasteiger partial charge in [0.2, 0.25) is 5.71 Å². The summed E-state index contributed by atoms with van der Waals surface area (Å²) in [4.78, 5) is 25.7. The largest absolute Gasteiger partial charge is 0.443 e. The van der Waals surface area contributed by atoms with Gasteiger partial charge in [-0.3, -0.25) is 0 Å². The van der Waals surface area contributed by atoms with Gasteiger partial charge in [0.05, 0.1) is 10.7 Å². The SMILES string of the molecule is Cc1nn2c(-c3ccc(Cl)cc3Cl)c(C)oc2c1N(NC(=O)OC(C)(C)C)C(=O)OC(C)(C)C. The van der Waals surface area contributed by atoms with E-state index < -0.39 is 23.4 Å². The fourth-order valence-electron chi connectivity index (χ4n) is 3.22. The molecule has 0 radical (unpaired) electrons. The number of carbonyl (C=O) groups is 2. The highest BCUT2D eigenvalue weighted by Gasteiger charge is 2.33. The average molecular weight is 511 g/mol. The number of carbonyl (C=O) groups excluding carboxylic acids is 2. The zero-order valence-electron chi connectivity index (χ0n) is 20.4. The minimum atomic E-state index is -0.846. The molecule has 184 valence electrons. The summed E-state index contributed by atoms with van der Waals surface area (Å²) in [5.74, 6) is 0.495. The van der Waals surface area contributed by atoms with E-state index >= 15 is 0 Å². The van der Waals surface area contributed by atoms with Crippen LogP contribution in [0.15, 0.2) is 22.6 Å². The van der Waals surface area contributed by atoms with E-state index in [2.05, 4.69) is 10.5 Å². The quantitative estimate of drug-likeness (QED) is 0.385. The molecule has 0 unspecified atom stereocenters. The molecule has 0 aliphatic carbocycles. The molecule has 9 nitrogen and oxygen atoms in total. The van der Waals surface area contributed by atoms with Crippen molar-refractivity contribution in [3.63, 3.8) is 0 Å². The number of amides is 2.